The molecule has 0 saturated heterocycles. The Bertz CT molecular complexity index is 238. The van der Waals surface area contributed by atoms with E-state index in [1.54, 1.807) is 0 Å². The van der Waals surface area contributed by atoms with Crippen LogP contribution in [0.4, 0.5) is 0 Å². The average molecular weight is 253 g/mol. The average Bonchev–Trinajstić information content (AvgIpc) is 2.39. The molecule has 18 heavy (non-hydrogen) atoms. The molecule has 0 aliphatic heterocycles. The summed E-state index contributed by atoms with van der Waals surface area (Å²) in [4.78, 5) is 0. The van der Waals surface area contributed by atoms with Crippen LogP contribution in [0.3, 0.4) is 0 Å². The third-order valence-electron chi connectivity index (χ3n) is 4.90. The van der Waals surface area contributed by atoms with E-state index in [-0.39, 0.29) is 5.54 Å². The molecule has 0 aromatic heterocycles. The highest BCUT2D eigenvalue weighted by atomic mass is 14.7. The van der Waals surface area contributed by atoms with Crippen LogP contribution in [0, 0.1) is 17.3 Å². The van der Waals surface area contributed by atoms with Gasteiger partial charge in [-0.1, -0.05) is 53.9 Å². The van der Waals surface area contributed by atoms with Crippen molar-refractivity contribution < 1.29 is 0 Å². The quantitative estimate of drug-likeness (QED) is 0.690. The molecule has 0 aromatic rings. The molecule has 2 unspecified atom stereocenters. The summed E-state index contributed by atoms with van der Waals surface area (Å²) in [6, 6.07) is 0. The second-order valence-electron chi connectivity index (χ2n) is 8.14. The van der Waals surface area contributed by atoms with Crippen LogP contribution in [0.25, 0.3) is 0 Å². The number of rotatable bonds is 4. The Morgan fingerprint density at radius 3 is 2.39 bits per heavy atom. The second-order valence-corrected chi connectivity index (χ2v) is 8.14. The summed E-state index contributed by atoms with van der Waals surface area (Å²) >= 11 is 0. The molecule has 2 N–H and O–H groups in total. The molecule has 1 heteroatoms. The first-order valence-electron chi connectivity index (χ1n) is 8.02. The lowest BCUT2D eigenvalue weighted by Crippen LogP contribution is -2.39. The molecule has 1 nitrogen and oxygen atoms in total. The molecule has 0 bridgehead atoms. The summed E-state index contributed by atoms with van der Waals surface area (Å²) in [5.41, 5.74) is 7.26. The summed E-state index contributed by atoms with van der Waals surface area (Å²) in [6.45, 7) is 11.8. The van der Waals surface area contributed by atoms with Gasteiger partial charge in [0.1, 0.15) is 0 Å². The fourth-order valence-corrected chi connectivity index (χ4v) is 3.41. The van der Waals surface area contributed by atoms with Gasteiger partial charge >= 0.3 is 0 Å². The summed E-state index contributed by atoms with van der Waals surface area (Å²) in [6.07, 6.45) is 10.4. The third-order valence-corrected chi connectivity index (χ3v) is 4.90. The number of hydrogen-bond donors (Lipinski definition) is 1. The highest BCUT2D eigenvalue weighted by molar-refractivity contribution is 4.90. The highest BCUT2D eigenvalue weighted by Crippen LogP contribution is 2.40. The normalized spacial score (nSPS) is 30.5. The topological polar surface area (TPSA) is 26.0 Å². The zero-order valence-corrected chi connectivity index (χ0v) is 13.4. The minimum atomic E-state index is 0.148. The lowest BCUT2D eigenvalue weighted by Gasteiger charge is -2.31. The predicted molar refractivity (Wildman–Crippen MR) is 81.6 cm³/mol. The molecule has 0 heterocycles. The first kappa shape index (κ1) is 16.0. The third kappa shape index (κ3) is 5.30. The summed E-state index contributed by atoms with van der Waals surface area (Å²) in [7, 11) is 0. The SMILES string of the molecule is CC(C)CCCC1(N)CCCC(C(C)(C)C)CC1. The maximum atomic E-state index is 6.65. The van der Waals surface area contributed by atoms with Crippen molar-refractivity contribution in [3.63, 3.8) is 0 Å². The number of nitrogens with two attached hydrogens (primary N) is 1. The van der Waals surface area contributed by atoms with Gasteiger partial charge in [-0.25, -0.2) is 0 Å². The van der Waals surface area contributed by atoms with Gasteiger partial charge in [0, 0.05) is 5.54 Å². The smallest absolute Gasteiger partial charge is 0.0154 e. The van der Waals surface area contributed by atoms with Gasteiger partial charge < -0.3 is 5.73 Å². The maximum Gasteiger partial charge on any atom is 0.0154 e. The maximum absolute atomic E-state index is 6.65. The van der Waals surface area contributed by atoms with E-state index in [1.807, 2.05) is 0 Å². The van der Waals surface area contributed by atoms with Crippen molar-refractivity contribution >= 4 is 0 Å². The largest absolute Gasteiger partial charge is 0.325 e. The zero-order chi connectivity index (χ0) is 13.8. The van der Waals surface area contributed by atoms with Gasteiger partial charge in [0.25, 0.3) is 0 Å². The Kier molecular flexibility index (Phi) is 5.70. The molecule has 1 rings (SSSR count). The Morgan fingerprint density at radius 1 is 1.17 bits per heavy atom. The fraction of sp³-hybridized carbons (Fsp3) is 1.00. The molecule has 1 fully saturated rings. The van der Waals surface area contributed by atoms with Crippen molar-refractivity contribution in [1.29, 1.82) is 0 Å². The van der Waals surface area contributed by atoms with E-state index in [1.165, 1.54) is 51.4 Å². The van der Waals surface area contributed by atoms with E-state index in [9.17, 15) is 0 Å². The standard InChI is InChI=1S/C17H35N/c1-14(2)8-6-11-17(18)12-7-9-15(10-13-17)16(3,4)5/h14-15H,6-13,18H2,1-5H3. The van der Waals surface area contributed by atoms with Crippen LogP contribution < -0.4 is 5.73 Å². The summed E-state index contributed by atoms with van der Waals surface area (Å²) in [5.74, 6) is 1.69. The fourth-order valence-electron chi connectivity index (χ4n) is 3.41. The van der Waals surface area contributed by atoms with Crippen molar-refractivity contribution in [2.75, 3.05) is 0 Å². The van der Waals surface area contributed by atoms with Gasteiger partial charge in [-0.15, -0.1) is 0 Å². The van der Waals surface area contributed by atoms with E-state index in [0.717, 1.165) is 11.8 Å². The highest BCUT2D eigenvalue weighted by Gasteiger charge is 2.33. The van der Waals surface area contributed by atoms with E-state index >= 15 is 0 Å². The molecule has 0 aromatic carbocycles. The van der Waals surface area contributed by atoms with Crippen LogP contribution in [0.15, 0.2) is 0 Å². The van der Waals surface area contributed by atoms with Crippen LogP contribution in [-0.2, 0) is 0 Å². The van der Waals surface area contributed by atoms with Crippen molar-refractivity contribution in [1.82, 2.24) is 0 Å². The number of hydrogen-bond acceptors (Lipinski definition) is 1. The molecule has 0 radical (unpaired) electrons. The molecule has 0 spiro atoms. The van der Waals surface area contributed by atoms with Gasteiger partial charge in [0.05, 0.1) is 0 Å². The van der Waals surface area contributed by atoms with Crippen LogP contribution in [0.2, 0.25) is 0 Å². The molecule has 1 saturated carbocycles. The molecule has 108 valence electrons. The Hall–Kier alpha value is -0.0400. The van der Waals surface area contributed by atoms with Crippen LogP contribution in [0.5, 0.6) is 0 Å². The Balaban J connectivity index is 2.44. The van der Waals surface area contributed by atoms with Gasteiger partial charge in [0.15, 0.2) is 0 Å². The summed E-state index contributed by atoms with van der Waals surface area (Å²) < 4.78 is 0. The Labute approximate surface area is 115 Å². The monoisotopic (exact) mass is 253 g/mol. The summed E-state index contributed by atoms with van der Waals surface area (Å²) in [5, 5.41) is 0. The molecule has 1 aliphatic carbocycles. The minimum absolute atomic E-state index is 0.148. The zero-order valence-electron chi connectivity index (χ0n) is 13.4. The van der Waals surface area contributed by atoms with Gasteiger partial charge in [-0.05, 0) is 49.4 Å². The predicted octanol–water partition coefficient (Wildman–Crippen LogP) is 5.14. The van der Waals surface area contributed by atoms with Crippen molar-refractivity contribution in [2.45, 2.75) is 91.5 Å². The van der Waals surface area contributed by atoms with Crippen molar-refractivity contribution in [2.24, 2.45) is 23.0 Å². The Morgan fingerprint density at radius 2 is 1.83 bits per heavy atom. The lowest BCUT2D eigenvalue weighted by molar-refractivity contribution is 0.209. The second kappa shape index (κ2) is 6.41. The van der Waals surface area contributed by atoms with E-state index in [0.29, 0.717) is 5.41 Å². The van der Waals surface area contributed by atoms with Crippen molar-refractivity contribution in [3.05, 3.63) is 0 Å². The first-order chi connectivity index (χ1) is 8.23. The van der Waals surface area contributed by atoms with Crippen LogP contribution in [0.1, 0.15) is 86.0 Å². The molecular formula is C17H35N. The lowest BCUT2D eigenvalue weighted by atomic mass is 9.76. The van der Waals surface area contributed by atoms with E-state index in [4.69, 9.17) is 5.73 Å². The molecule has 1 aliphatic rings. The van der Waals surface area contributed by atoms with Gasteiger partial charge in [-0.2, -0.15) is 0 Å². The first-order valence-corrected chi connectivity index (χ1v) is 8.02. The molecular weight excluding hydrogens is 218 g/mol. The van der Waals surface area contributed by atoms with Gasteiger partial charge in [0.2, 0.25) is 0 Å². The van der Waals surface area contributed by atoms with E-state index < -0.39 is 0 Å². The van der Waals surface area contributed by atoms with Crippen LogP contribution in [-0.4, -0.2) is 5.54 Å². The van der Waals surface area contributed by atoms with Crippen molar-refractivity contribution in [3.8, 4) is 0 Å². The van der Waals surface area contributed by atoms with Crippen LogP contribution >= 0.6 is 0 Å². The molecule has 0 amide bonds. The van der Waals surface area contributed by atoms with E-state index in [2.05, 4.69) is 34.6 Å². The molecule has 2 atom stereocenters. The van der Waals surface area contributed by atoms with Gasteiger partial charge in [-0.3, -0.25) is 0 Å². The minimum Gasteiger partial charge on any atom is -0.325 e.